The van der Waals surface area contributed by atoms with Gasteiger partial charge in [-0.25, -0.2) is 18.9 Å². The molecule has 2 aromatic carbocycles. The van der Waals surface area contributed by atoms with Crippen LogP contribution in [-0.4, -0.2) is 44.6 Å². The summed E-state index contributed by atoms with van der Waals surface area (Å²) in [7, 11) is 0. The molecular formula is C23H19FN4O3. The second kappa shape index (κ2) is 6.23. The predicted molar refractivity (Wildman–Crippen MR) is 107 cm³/mol. The van der Waals surface area contributed by atoms with Gasteiger partial charge in [-0.2, -0.15) is 5.10 Å². The van der Waals surface area contributed by atoms with E-state index < -0.39 is 16.8 Å². The number of hydrogen-bond donors (Lipinski definition) is 0. The highest BCUT2D eigenvalue weighted by Gasteiger charge is 2.58. The van der Waals surface area contributed by atoms with Gasteiger partial charge >= 0.3 is 5.97 Å². The second-order valence-electron chi connectivity index (χ2n) is 8.49. The molecule has 1 saturated carbocycles. The first-order valence-corrected chi connectivity index (χ1v) is 10.3. The maximum atomic E-state index is 15.1. The molecule has 0 bridgehead atoms. The molecule has 6 rings (SSSR count). The Balaban J connectivity index is 1.28. The number of benzene rings is 2. The van der Waals surface area contributed by atoms with Gasteiger partial charge in [-0.1, -0.05) is 24.3 Å². The van der Waals surface area contributed by atoms with Crippen LogP contribution in [0.3, 0.4) is 0 Å². The van der Waals surface area contributed by atoms with Gasteiger partial charge in [0, 0.05) is 24.1 Å². The van der Waals surface area contributed by atoms with Crippen LogP contribution < -0.4 is 0 Å². The summed E-state index contributed by atoms with van der Waals surface area (Å²) in [4.78, 5) is 31.5. The van der Waals surface area contributed by atoms with Crippen LogP contribution in [0.4, 0.5) is 4.39 Å². The molecule has 1 atom stereocenters. The summed E-state index contributed by atoms with van der Waals surface area (Å²) in [6.07, 6.45) is 4.63. The summed E-state index contributed by atoms with van der Waals surface area (Å²) in [5, 5.41) is 4.02. The summed E-state index contributed by atoms with van der Waals surface area (Å²) >= 11 is 0. The first kappa shape index (κ1) is 18.2. The predicted octanol–water partition coefficient (Wildman–Crippen LogP) is 2.74. The van der Waals surface area contributed by atoms with Crippen LogP contribution in [0.5, 0.6) is 0 Å². The van der Waals surface area contributed by atoms with E-state index in [1.807, 2.05) is 18.2 Å². The van der Waals surface area contributed by atoms with E-state index in [0.717, 1.165) is 5.56 Å². The van der Waals surface area contributed by atoms with Gasteiger partial charge < -0.3 is 9.64 Å². The Labute approximate surface area is 177 Å². The molecule has 3 aliphatic rings. The minimum absolute atomic E-state index is 0.0998. The standard InChI is InChI=1S/C23H19FN4O3/c24-19-11-15(28-14-25-13-26-28)5-6-18(19)22(7-8-22)21(30)27-10-9-23(12-27)17-4-2-1-3-16(17)20(29)31-23/h1-6,11,13-14H,7-10,12H2. The van der Waals surface area contributed by atoms with Crippen molar-refractivity contribution in [3.05, 3.63) is 77.6 Å². The first-order valence-electron chi connectivity index (χ1n) is 10.3. The number of amides is 1. The van der Waals surface area contributed by atoms with Crippen LogP contribution in [0.25, 0.3) is 5.69 Å². The lowest BCUT2D eigenvalue weighted by atomic mass is 9.91. The van der Waals surface area contributed by atoms with Crippen molar-refractivity contribution in [3.63, 3.8) is 0 Å². The molecule has 1 spiro atoms. The highest BCUT2D eigenvalue weighted by Crippen LogP contribution is 2.52. The van der Waals surface area contributed by atoms with E-state index in [4.69, 9.17) is 4.74 Å². The SMILES string of the molecule is O=C1OC2(CCN(C(=O)C3(c4ccc(-n5cncn5)cc4F)CC3)C2)c2ccccc21. The number of carbonyl (C=O) groups is 2. The van der Waals surface area contributed by atoms with E-state index in [2.05, 4.69) is 10.1 Å². The highest BCUT2D eigenvalue weighted by molar-refractivity contribution is 5.96. The lowest BCUT2D eigenvalue weighted by Gasteiger charge is -2.27. The van der Waals surface area contributed by atoms with E-state index in [9.17, 15) is 9.59 Å². The molecule has 1 unspecified atom stereocenters. The number of aromatic nitrogens is 3. The first-order chi connectivity index (χ1) is 15.0. The molecule has 1 aromatic heterocycles. The Hall–Kier alpha value is -3.55. The maximum absolute atomic E-state index is 15.1. The molecule has 156 valence electrons. The molecule has 0 N–H and O–H groups in total. The molecule has 2 fully saturated rings. The van der Waals surface area contributed by atoms with Crippen molar-refractivity contribution < 1.29 is 18.7 Å². The van der Waals surface area contributed by atoms with Crippen molar-refractivity contribution in [1.29, 1.82) is 0 Å². The van der Waals surface area contributed by atoms with Gasteiger partial charge in [0.25, 0.3) is 0 Å². The smallest absolute Gasteiger partial charge is 0.339 e. The Morgan fingerprint density at radius 2 is 1.94 bits per heavy atom. The quantitative estimate of drug-likeness (QED) is 0.612. The zero-order valence-corrected chi connectivity index (χ0v) is 16.6. The summed E-state index contributed by atoms with van der Waals surface area (Å²) in [6.45, 7) is 0.774. The third-order valence-electron chi connectivity index (χ3n) is 6.76. The van der Waals surface area contributed by atoms with Crippen LogP contribution in [0, 0.1) is 5.82 Å². The van der Waals surface area contributed by atoms with Crippen molar-refractivity contribution in [3.8, 4) is 5.69 Å². The molecule has 31 heavy (non-hydrogen) atoms. The number of carbonyl (C=O) groups excluding carboxylic acids is 2. The van der Waals surface area contributed by atoms with E-state index in [1.54, 1.807) is 23.1 Å². The molecule has 1 saturated heterocycles. The van der Waals surface area contributed by atoms with Crippen molar-refractivity contribution in [1.82, 2.24) is 19.7 Å². The lowest BCUT2D eigenvalue weighted by Crippen LogP contribution is -2.40. The van der Waals surface area contributed by atoms with E-state index in [0.29, 0.717) is 49.2 Å². The number of fused-ring (bicyclic) bond motifs is 2. The van der Waals surface area contributed by atoms with Crippen LogP contribution in [-0.2, 0) is 20.5 Å². The third-order valence-corrected chi connectivity index (χ3v) is 6.76. The van der Waals surface area contributed by atoms with Crippen LogP contribution in [0.15, 0.2) is 55.1 Å². The zero-order chi connectivity index (χ0) is 21.2. The fourth-order valence-corrected chi connectivity index (χ4v) is 5.01. The lowest BCUT2D eigenvalue weighted by molar-refractivity contribution is -0.134. The van der Waals surface area contributed by atoms with Crippen molar-refractivity contribution in [2.24, 2.45) is 0 Å². The van der Waals surface area contributed by atoms with Gasteiger partial charge in [-0.15, -0.1) is 0 Å². The average Bonchev–Trinajstić information content (AvgIpc) is 3.13. The molecule has 2 aliphatic heterocycles. The Bertz CT molecular complexity index is 1220. The van der Waals surface area contributed by atoms with Crippen LogP contribution in [0.1, 0.15) is 40.7 Å². The fraction of sp³-hybridized carbons (Fsp3) is 0.304. The molecule has 1 aliphatic carbocycles. The van der Waals surface area contributed by atoms with Crippen molar-refractivity contribution in [2.45, 2.75) is 30.3 Å². The second-order valence-corrected chi connectivity index (χ2v) is 8.49. The normalized spacial score (nSPS) is 23.1. The molecular weight excluding hydrogens is 399 g/mol. The van der Waals surface area contributed by atoms with Gasteiger partial charge in [0.2, 0.25) is 5.91 Å². The largest absolute Gasteiger partial charge is 0.449 e. The summed E-state index contributed by atoms with van der Waals surface area (Å²) in [5.41, 5.74) is 0.715. The molecule has 7 nitrogen and oxygen atoms in total. The minimum Gasteiger partial charge on any atom is -0.449 e. The monoisotopic (exact) mass is 418 g/mol. The molecule has 1 amide bonds. The third kappa shape index (κ3) is 2.57. The number of esters is 1. The van der Waals surface area contributed by atoms with Gasteiger partial charge in [-0.3, -0.25) is 4.79 Å². The van der Waals surface area contributed by atoms with Gasteiger partial charge in [0.15, 0.2) is 5.60 Å². The fourth-order valence-electron chi connectivity index (χ4n) is 5.01. The molecule has 8 heteroatoms. The number of nitrogens with zero attached hydrogens (tertiary/aromatic N) is 4. The van der Waals surface area contributed by atoms with Gasteiger partial charge in [-0.05, 0) is 31.0 Å². The van der Waals surface area contributed by atoms with Gasteiger partial charge in [0.05, 0.1) is 23.2 Å². The van der Waals surface area contributed by atoms with Crippen LogP contribution in [0.2, 0.25) is 0 Å². The van der Waals surface area contributed by atoms with Crippen molar-refractivity contribution in [2.75, 3.05) is 13.1 Å². The molecule has 3 aromatic rings. The van der Waals surface area contributed by atoms with Gasteiger partial charge in [0.1, 0.15) is 18.5 Å². The molecule has 0 radical (unpaired) electrons. The van der Waals surface area contributed by atoms with E-state index >= 15 is 4.39 Å². The topological polar surface area (TPSA) is 77.3 Å². The summed E-state index contributed by atoms with van der Waals surface area (Å²) in [5.74, 6) is -0.872. The summed E-state index contributed by atoms with van der Waals surface area (Å²) in [6, 6.07) is 12.1. The number of ether oxygens (including phenoxy) is 1. The Morgan fingerprint density at radius 1 is 1.10 bits per heavy atom. The van der Waals surface area contributed by atoms with E-state index in [-0.39, 0.29) is 11.9 Å². The highest BCUT2D eigenvalue weighted by atomic mass is 19.1. The maximum Gasteiger partial charge on any atom is 0.339 e. The summed E-state index contributed by atoms with van der Waals surface area (Å²) < 4.78 is 22.3. The van der Waals surface area contributed by atoms with Crippen LogP contribution >= 0.6 is 0 Å². The van der Waals surface area contributed by atoms with Crippen molar-refractivity contribution >= 4 is 11.9 Å². The van der Waals surface area contributed by atoms with E-state index in [1.165, 1.54) is 23.4 Å². The zero-order valence-electron chi connectivity index (χ0n) is 16.6. The number of likely N-dealkylation sites (tertiary alicyclic amines) is 1. The number of halogens is 1. The molecule has 3 heterocycles. The number of hydrogen-bond acceptors (Lipinski definition) is 5. The Kier molecular flexibility index (Phi) is 3.66. The minimum atomic E-state index is -0.849. The number of rotatable bonds is 3. The Morgan fingerprint density at radius 3 is 2.68 bits per heavy atom. The average molecular weight is 418 g/mol.